The third-order valence-electron chi connectivity index (χ3n) is 7.27. The van der Waals surface area contributed by atoms with Crippen LogP contribution in [-0.4, -0.2) is 11.7 Å². The summed E-state index contributed by atoms with van der Waals surface area (Å²) in [6.07, 6.45) is 6.49. The molecule has 3 aromatic rings. The van der Waals surface area contributed by atoms with Crippen LogP contribution >= 0.6 is 0 Å². The molecule has 2 aromatic carbocycles. The predicted octanol–water partition coefficient (Wildman–Crippen LogP) is 4.00. The monoisotopic (exact) mass is 440 g/mol. The van der Waals surface area contributed by atoms with Crippen LogP contribution in [0.25, 0.3) is 23.3 Å². The Morgan fingerprint density at radius 2 is 1.67 bits per heavy atom. The molecular formula is C29H32N2O2. The summed E-state index contributed by atoms with van der Waals surface area (Å²) in [5.74, 6) is 1.64. The summed E-state index contributed by atoms with van der Waals surface area (Å²) in [4.78, 5) is 13.7. The lowest BCUT2D eigenvalue weighted by atomic mass is 9.85. The molecule has 4 heteroatoms. The number of hydrogen-bond donors (Lipinski definition) is 1. The zero-order chi connectivity index (χ0) is 22.9. The Morgan fingerprint density at radius 1 is 0.970 bits per heavy atom. The van der Waals surface area contributed by atoms with Crippen LogP contribution in [0.15, 0.2) is 59.4 Å². The highest BCUT2D eigenvalue weighted by Crippen LogP contribution is 2.32. The molecule has 4 nitrogen and oxygen atoms in total. The van der Waals surface area contributed by atoms with Crippen LogP contribution in [0.2, 0.25) is 0 Å². The van der Waals surface area contributed by atoms with Gasteiger partial charge in [0, 0.05) is 41.2 Å². The molecule has 1 aliphatic carbocycles. The Kier molecular flexibility index (Phi) is 5.94. The number of methoxy groups -OCH3 is 1. The van der Waals surface area contributed by atoms with Crippen molar-refractivity contribution in [2.45, 2.75) is 45.8 Å². The highest BCUT2D eigenvalue weighted by atomic mass is 16.5. The maximum atomic E-state index is 13.7. The average molecular weight is 441 g/mol. The molecule has 1 N–H and O–H groups in total. The lowest BCUT2D eigenvalue weighted by Gasteiger charge is -2.32. The van der Waals surface area contributed by atoms with E-state index in [1.807, 2.05) is 22.8 Å². The van der Waals surface area contributed by atoms with Gasteiger partial charge >= 0.3 is 0 Å². The number of benzene rings is 2. The molecule has 170 valence electrons. The Labute approximate surface area is 195 Å². The van der Waals surface area contributed by atoms with Crippen LogP contribution in [-0.2, 0) is 13.1 Å². The molecule has 0 spiro atoms. The summed E-state index contributed by atoms with van der Waals surface area (Å²) in [7, 11) is 1.71. The minimum absolute atomic E-state index is 0.0972. The molecule has 33 heavy (non-hydrogen) atoms. The second kappa shape index (κ2) is 9.03. The topological polar surface area (TPSA) is 43.3 Å². The SMILES string of the molecule is COc1ccccc1CNC1CCCn2c1c(-c1ccccc1)c1c(c2=O)=CC(C)C(C)C=1. The molecule has 2 aliphatic rings. The van der Waals surface area contributed by atoms with E-state index in [0.29, 0.717) is 18.4 Å². The highest BCUT2D eigenvalue weighted by molar-refractivity contribution is 5.70. The Hall–Kier alpha value is -3.11. The second-order valence-corrected chi connectivity index (χ2v) is 9.35. The molecule has 1 aromatic heterocycles. The number of para-hydroxylation sites is 1. The molecule has 0 radical (unpaired) electrons. The van der Waals surface area contributed by atoms with Gasteiger partial charge in [0.25, 0.3) is 5.56 Å². The number of nitrogens with zero attached hydrogens (tertiary/aromatic N) is 1. The quantitative estimate of drug-likeness (QED) is 0.652. The molecule has 0 fully saturated rings. The van der Waals surface area contributed by atoms with E-state index >= 15 is 0 Å². The fourth-order valence-corrected chi connectivity index (χ4v) is 5.30. The second-order valence-electron chi connectivity index (χ2n) is 9.35. The Balaban J connectivity index is 1.69. The standard InChI is InChI=1S/C29H32N2O2/c1-19-16-23-24(17-20(19)2)29(32)31-15-9-13-25(28(31)27(23)21-10-5-4-6-11-21)30-18-22-12-7-8-14-26(22)33-3/h4-8,10-12,14,16-17,19-20,25,30H,9,13,15,18H2,1-3H3. The number of rotatable bonds is 5. The predicted molar refractivity (Wildman–Crippen MR) is 134 cm³/mol. The maximum absolute atomic E-state index is 13.7. The van der Waals surface area contributed by atoms with Gasteiger partial charge in [-0.15, -0.1) is 0 Å². The smallest absolute Gasteiger partial charge is 0.258 e. The largest absolute Gasteiger partial charge is 0.496 e. The number of ether oxygens (including phenoxy) is 1. The summed E-state index contributed by atoms with van der Waals surface area (Å²) in [6, 6.07) is 18.8. The van der Waals surface area contributed by atoms with E-state index in [2.05, 4.69) is 67.7 Å². The number of fused-ring (bicyclic) bond motifs is 2. The van der Waals surface area contributed by atoms with Gasteiger partial charge in [0.05, 0.1) is 7.11 Å². The number of nitrogens with one attached hydrogen (secondary N) is 1. The normalized spacial score (nSPS) is 21.4. The molecule has 2 heterocycles. The third kappa shape index (κ3) is 3.93. The summed E-state index contributed by atoms with van der Waals surface area (Å²) in [6.45, 7) is 5.91. The van der Waals surface area contributed by atoms with Crippen molar-refractivity contribution in [3.05, 3.63) is 86.6 Å². The summed E-state index contributed by atoms with van der Waals surface area (Å²) >= 11 is 0. The minimum Gasteiger partial charge on any atom is -0.496 e. The van der Waals surface area contributed by atoms with Gasteiger partial charge in [0.15, 0.2) is 0 Å². The van der Waals surface area contributed by atoms with Crippen LogP contribution in [0.3, 0.4) is 0 Å². The van der Waals surface area contributed by atoms with Crippen molar-refractivity contribution < 1.29 is 4.74 Å². The number of pyridine rings is 1. The molecule has 5 rings (SSSR count). The average Bonchev–Trinajstić information content (AvgIpc) is 2.85. The molecule has 3 atom stereocenters. The Bertz CT molecular complexity index is 1340. The van der Waals surface area contributed by atoms with E-state index in [-0.39, 0.29) is 11.6 Å². The van der Waals surface area contributed by atoms with Gasteiger partial charge < -0.3 is 14.6 Å². The fraction of sp³-hybridized carbons (Fsp3) is 0.345. The van der Waals surface area contributed by atoms with Crippen LogP contribution < -0.4 is 26.1 Å². The first-order valence-electron chi connectivity index (χ1n) is 12.0. The maximum Gasteiger partial charge on any atom is 0.258 e. The summed E-state index contributed by atoms with van der Waals surface area (Å²) in [5, 5.41) is 5.74. The first-order chi connectivity index (χ1) is 16.1. The summed E-state index contributed by atoms with van der Waals surface area (Å²) in [5.41, 5.74) is 4.78. The van der Waals surface area contributed by atoms with Crippen LogP contribution in [0.1, 0.15) is 44.0 Å². The lowest BCUT2D eigenvalue weighted by Crippen LogP contribution is -2.52. The third-order valence-corrected chi connectivity index (χ3v) is 7.27. The molecule has 0 bridgehead atoms. The van der Waals surface area contributed by atoms with Crippen molar-refractivity contribution in [2.75, 3.05) is 7.11 Å². The van der Waals surface area contributed by atoms with Gasteiger partial charge in [-0.3, -0.25) is 4.79 Å². The van der Waals surface area contributed by atoms with Crippen molar-refractivity contribution in [3.8, 4) is 16.9 Å². The van der Waals surface area contributed by atoms with Crippen molar-refractivity contribution in [1.29, 1.82) is 0 Å². The molecule has 1 aliphatic heterocycles. The van der Waals surface area contributed by atoms with Gasteiger partial charge in [-0.1, -0.05) is 74.5 Å². The van der Waals surface area contributed by atoms with E-state index in [1.165, 1.54) is 11.1 Å². The van der Waals surface area contributed by atoms with Crippen molar-refractivity contribution in [1.82, 2.24) is 9.88 Å². The minimum atomic E-state index is 0.0972. The van der Waals surface area contributed by atoms with Gasteiger partial charge in [-0.05, 0) is 41.5 Å². The lowest BCUT2D eigenvalue weighted by molar-refractivity contribution is 0.375. The zero-order valence-corrected chi connectivity index (χ0v) is 19.7. The van der Waals surface area contributed by atoms with Crippen LogP contribution in [0.4, 0.5) is 0 Å². The highest BCUT2D eigenvalue weighted by Gasteiger charge is 2.28. The van der Waals surface area contributed by atoms with Crippen molar-refractivity contribution >= 4 is 12.2 Å². The molecule has 0 amide bonds. The van der Waals surface area contributed by atoms with Crippen LogP contribution in [0.5, 0.6) is 5.75 Å². The molecule has 0 saturated carbocycles. The van der Waals surface area contributed by atoms with Gasteiger partial charge in [0.2, 0.25) is 0 Å². The zero-order valence-electron chi connectivity index (χ0n) is 19.7. The van der Waals surface area contributed by atoms with E-state index in [9.17, 15) is 4.79 Å². The molecule has 3 unspecified atom stereocenters. The molecular weight excluding hydrogens is 408 g/mol. The first kappa shape index (κ1) is 21.7. The van der Waals surface area contributed by atoms with Gasteiger partial charge in [-0.25, -0.2) is 0 Å². The van der Waals surface area contributed by atoms with Crippen LogP contribution in [0, 0.1) is 11.8 Å². The van der Waals surface area contributed by atoms with E-state index < -0.39 is 0 Å². The first-order valence-corrected chi connectivity index (χ1v) is 12.0. The van der Waals surface area contributed by atoms with E-state index in [1.54, 1.807) is 7.11 Å². The fourth-order valence-electron chi connectivity index (χ4n) is 5.30. The summed E-state index contributed by atoms with van der Waals surface area (Å²) < 4.78 is 7.60. The number of aromatic nitrogens is 1. The number of hydrogen-bond acceptors (Lipinski definition) is 3. The van der Waals surface area contributed by atoms with Gasteiger partial charge in [-0.2, -0.15) is 0 Å². The van der Waals surface area contributed by atoms with Crippen molar-refractivity contribution in [3.63, 3.8) is 0 Å². The van der Waals surface area contributed by atoms with Crippen molar-refractivity contribution in [2.24, 2.45) is 11.8 Å². The van der Waals surface area contributed by atoms with E-state index in [4.69, 9.17) is 4.74 Å². The van der Waals surface area contributed by atoms with E-state index in [0.717, 1.165) is 46.8 Å². The van der Waals surface area contributed by atoms with Gasteiger partial charge in [0.1, 0.15) is 5.75 Å². The Morgan fingerprint density at radius 3 is 2.42 bits per heavy atom. The molecule has 0 saturated heterocycles.